The van der Waals surface area contributed by atoms with Gasteiger partial charge in [0.1, 0.15) is 24.2 Å². The van der Waals surface area contributed by atoms with Crippen molar-refractivity contribution in [3.05, 3.63) is 131 Å². The smallest absolute Gasteiger partial charge is 0.264 e. The number of benzene rings is 4. The SMILES string of the molecule is CC[C@H](C)NC(=O)[C@@H](Cc1ccccc1)N(Cc1ccc(F)cc1)C(=O)CN(c1ccc(F)cc1)S(=O)(=O)c1ccc(C)cc1. The summed E-state index contributed by atoms with van der Waals surface area (Å²) in [4.78, 5) is 29.5. The molecule has 2 amide bonds. The summed E-state index contributed by atoms with van der Waals surface area (Å²) in [5.41, 5.74) is 2.27. The molecule has 0 aromatic heterocycles. The van der Waals surface area contributed by atoms with Crippen molar-refractivity contribution in [3.63, 3.8) is 0 Å². The van der Waals surface area contributed by atoms with Crippen LogP contribution >= 0.6 is 0 Å². The number of nitrogens with zero attached hydrogens (tertiary/aromatic N) is 2. The van der Waals surface area contributed by atoms with Gasteiger partial charge in [0.25, 0.3) is 10.0 Å². The Kier molecular flexibility index (Phi) is 11.1. The summed E-state index contributed by atoms with van der Waals surface area (Å²) >= 11 is 0. The average Bonchev–Trinajstić information content (AvgIpc) is 3.03. The van der Waals surface area contributed by atoms with E-state index in [0.717, 1.165) is 27.6 Å². The van der Waals surface area contributed by atoms with E-state index in [1.54, 1.807) is 12.1 Å². The number of halogens is 2. The van der Waals surface area contributed by atoms with Gasteiger partial charge in [0, 0.05) is 19.0 Å². The lowest BCUT2D eigenvalue weighted by molar-refractivity contribution is -0.140. The molecule has 0 fully saturated rings. The third-order valence-corrected chi connectivity index (χ3v) is 9.33. The first-order valence-electron chi connectivity index (χ1n) is 14.7. The van der Waals surface area contributed by atoms with Crippen molar-refractivity contribution >= 4 is 27.5 Å². The molecule has 0 aliphatic heterocycles. The number of sulfonamides is 1. The van der Waals surface area contributed by atoms with Gasteiger partial charge in [-0.15, -0.1) is 0 Å². The van der Waals surface area contributed by atoms with Gasteiger partial charge in [-0.25, -0.2) is 17.2 Å². The van der Waals surface area contributed by atoms with Crippen molar-refractivity contribution in [2.75, 3.05) is 10.8 Å². The molecule has 4 aromatic carbocycles. The Morgan fingerprint density at radius 2 is 1.38 bits per heavy atom. The molecule has 0 saturated carbocycles. The van der Waals surface area contributed by atoms with Crippen molar-refractivity contribution in [3.8, 4) is 0 Å². The number of hydrogen-bond donors (Lipinski definition) is 1. The first kappa shape index (κ1) is 33.3. The molecule has 0 radical (unpaired) electrons. The molecule has 0 aliphatic carbocycles. The van der Waals surface area contributed by atoms with Crippen LogP contribution in [-0.2, 0) is 32.6 Å². The molecule has 4 rings (SSSR count). The van der Waals surface area contributed by atoms with Crippen molar-refractivity contribution in [2.45, 2.75) is 57.1 Å². The van der Waals surface area contributed by atoms with Crippen LogP contribution in [0.4, 0.5) is 14.5 Å². The van der Waals surface area contributed by atoms with Crippen LogP contribution in [0.1, 0.15) is 37.0 Å². The van der Waals surface area contributed by atoms with Gasteiger partial charge in [-0.2, -0.15) is 0 Å². The topological polar surface area (TPSA) is 86.8 Å². The van der Waals surface area contributed by atoms with Crippen molar-refractivity contribution in [1.29, 1.82) is 0 Å². The van der Waals surface area contributed by atoms with Crippen LogP contribution in [0.5, 0.6) is 0 Å². The average molecular weight is 634 g/mol. The van der Waals surface area contributed by atoms with Crippen LogP contribution in [0, 0.1) is 18.6 Å². The maximum atomic E-state index is 14.4. The van der Waals surface area contributed by atoms with Crippen LogP contribution in [0.15, 0.2) is 108 Å². The van der Waals surface area contributed by atoms with Crippen molar-refractivity contribution in [1.82, 2.24) is 10.2 Å². The predicted molar refractivity (Wildman–Crippen MR) is 171 cm³/mol. The molecular weight excluding hydrogens is 596 g/mol. The lowest BCUT2D eigenvalue weighted by Crippen LogP contribution is -2.54. The molecule has 0 bridgehead atoms. The first-order valence-corrected chi connectivity index (χ1v) is 16.1. The fourth-order valence-electron chi connectivity index (χ4n) is 4.76. The van der Waals surface area contributed by atoms with Gasteiger partial charge in [-0.3, -0.25) is 13.9 Å². The molecule has 7 nitrogen and oxygen atoms in total. The number of carbonyl (C=O) groups is 2. The Morgan fingerprint density at radius 1 is 0.800 bits per heavy atom. The molecule has 0 heterocycles. The van der Waals surface area contributed by atoms with Crippen LogP contribution in [0.25, 0.3) is 0 Å². The number of rotatable bonds is 13. The Hall–Kier alpha value is -4.57. The van der Waals surface area contributed by atoms with E-state index >= 15 is 0 Å². The molecule has 0 aliphatic rings. The van der Waals surface area contributed by atoms with Gasteiger partial charge < -0.3 is 10.2 Å². The highest BCUT2D eigenvalue weighted by atomic mass is 32.2. The second-order valence-corrected chi connectivity index (χ2v) is 12.8. The number of amides is 2. The third kappa shape index (κ3) is 8.76. The summed E-state index contributed by atoms with van der Waals surface area (Å²) in [5, 5.41) is 2.97. The predicted octanol–water partition coefficient (Wildman–Crippen LogP) is 6.02. The molecule has 10 heteroatoms. The highest BCUT2D eigenvalue weighted by Crippen LogP contribution is 2.26. The minimum atomic E-state index is -4.31. The minimum absolute atomic E-state index is 0.0503. The number of hydrogen-bond acceptors (Lipinski definition) is 4. The Morgan fingerprint density at radius 3 is 1.96 bits per heavy atom. The van der Waals surface area contributed by atoms with E-state index in [1.165, 1.54) is 53.4 Å². The molecule has 236 valence electrons. The van der Waals surface area contributed by atoms with Crippen LogP contribution in [-0.4, -0.2) is 43.8 Å². The maximum Gasteiger partial charge on any atom is 0.264 e. The van der Waals surface area contributed by atoms with Gasteiger partial charge in [0.2, 0.25) is 11.8 Å². The Balaban J connectivity index is 1.80. The maximum absolute atomic E-state index is 14.4. The number of nitrogens with one attached hydrogen (secondary N) is 1. The summed E-state index contributed by atoms with van der Waals surface area (Å²) in [7, 11) is -4.31. The molecule has 0 saturated heterocycles. The fraction of sp³-hybridized carbons (Fsp3) is 0.257. The number of carbonyl (C=O) groups excluding carboxylic acids is 2. The summed E-state index contributed by atoms with van der Waals surface area (Å²) in [5.74, 6) is -2.10. The summed E-state index contributed by atoms with van der Waals surface area (Å²) < 4.78 is 56.6. The van der Waals surface area contributed by atoms with Gasteiger partial charge in [0.15, 0.2) is 0 Å². The minimum Gasteiger partial charge on any atom is -0.352 e. The monoisotopic (exact) mass is 633 g/mol. The van der Waals surface area contributed by atoms with E-state index in [9.17, 15) is 26.8 Å². The summed E-state index contributed by atoms with van der Waals surface area (Å²) in [6, 6.07) is 24.5. The molecule has 0 unspecified atom stereocenters. The molecular formula is C35H37F2N3O4S. The Labute approximate surface area is 263 Å². The van der Waals surface area contributed by atoms with Gasteiger partial charge in [-0.1, -0.05) is 67.1 Å². The second kappa shape index (κ2) is 14.9. The van der Waals surface area contributed by atoms with E-state index in [1.807, 2.05) is 51.1 Å². The van der Waals surface area contributed by atoms with Crippen molar-refractivity contribution < 1.29 is 26.8 Å². The number of aryl methyl sites for hydroxylation is 1. The van der Waals surface area contributed by atoms with Gasteiger partial charge in [-0.05, 0) is 79.9 Å². The van der Waals surface area contributed by atoms with Crippen LogP contribution < -0.4 is 9.62 Å². The summed E-state index contributed by atoms with van der Waals surface area (Å²) in [6.45, 7) is 4.84. The quantitative estimate of drug-likeness (QED) is 0.195. The fourth-order valence-corrected chi connectivity index (χ4v) is 6.17. The highest BCUT2D eigenvalue weighted by Gasteiger charge is 2.35. The number of anilines is 1. The first-order chi connectivity index (χ1) is 21.5. The van der Waals surface area contributed by atoms with E-state index in [0.29, 0.717) is 12.0 Å². The molecule has 1 N–H and O–H groups in total. The highest BCUT2D eigenvalue weighted by molar-refractivity contribution is 7.92. The van der Waals surface area contributed by atoms with Gasteiger partial charge in [0.05, 0.1) is 10.6 Å². The largest absolute Gasteiger partial charge is 0.352 e. The van der Waals surface area contributed by atoms with E-state index < -0.39 is 46.1 Å². The molecule has 4 aromatic rings. The standard InChI is InChI=1S/C35H37F2N3O4S/c1-4-26(3)38-35(42)33(22-27-8-6-5-7-9-27)39(23-28-12-14-29(36)15-13-28)34(41)24-40(31-18-16-30(37)17-19-31)45(43,44)32-20-10-25(2)11-21-32/h5-21,26,33H,4,22-24H2,1-3H3,(H,38,42)/t26-,33+/m0/s1. The lowest BCUT2D eigenvalue weighted by atomic mass is 10.0. The van der Waals surface area contributed by atoms with Crippen LogP contribution in [0.3, 0.4) is 0 Å². The third-order valence-electron chi connectivity index (χ3n) is 7.54. The van der Waals surface area contributed by atoms with Gasteiger partial charge >= 0.3 is 0 Å². The zero-order valence-electron chi connectivity index (χ0n) is 25.5. The molecule has 2 atom stereocenters. The lowest BCUT2D eigenvalue weighted by Gasteiger charge is -2.34. The van der Waals surface area contributed by atoms with E-state index in [-0.39, 0.29) is 29.6 Å². The Bertz CT molecular complexity index is 1680. The van der Waals surface area contributed by atoms with E-state index in [2.05, 4.69) is 5.32 Å². The van der Waals surface area contributed by atoms with Crippen LogP contribution in [0.2, 0.25) is 0 Å². The zero-order chi connectivity index (χ0) is 32.6. The molecule has 45 heavy (non-hydrogen) atoms. The molecule has 0 spiro atoms. The van der Waals surface area contributed by atoms with E-state index in [4.69, 9.17) is 0 Å². The summed E-state index contributed by atoms with van der Waals surface area (Å²) in [6.07, 6.45) is 0.806. The zero-order valence-corrected chi connectivity index (χ0v) is 26.3. The normalized spacial score (nSPS) is 12.6. The van der Waals surface area contributed by atoms with Crippen molar-refractivity contribution in [2.24, 2.45) is 0 Å². The second-order valence-electron chi connectivity index (χ2n) is 11.0.